The molecule has 1 N–H and O–H groups in total. The average molecular weight is 550 g/mol. The highest BCUT2D eigenvalue weighted by Gasteiger charge is 2.33. The average Bonchev–Trinajstić information content (AvgIpc) is 2.91. The summed E-state index contributed by atoms with van der Waals surface area (Å²) in [5, 5.41) is 2.90. The maximum Gasteiger partial charge on any atom is 0.264 e. The molecule has 39 heavy (non-hydrogen) atoms. The van der Waals surface area contributed by atoms with Gasteiger partial charge in [0.1, 0.15) is 12.6 Å². The summed E-state index contributed by atoms with van der Waals surface area (Å²) in [5.74, 6) is -0.736. The Labute approximate surface area is 232 Å². The normalized spacial score (nSPS) is 12.0. The van der Waals surface area contributed by atoms with Gasteiger partial charge in [-0.25, -0.2) is 8.42 Å². The Bertz CT molecular complexity index is 1370. The van der Waals surface area contributed by atoms with Crippen molar-refractivity contribution in [3.8, 4) is 0 Å². The number of sulfonamides is 1. The van der Waals surface area contributed by atoms with Crippen molar-refractivity contribution in [2.24, 2.45) is 0 Å². The van der Waals surface area contributed by atoms with Crippen LogP contribution in [0, 0.1) is 20.8 Å². The van der Waals surface area contributed by atoms with Gasteiger partial charge < -0.3 is 10.2 Å². The molecule has 0 aliphatic heterocycles. The SMILES string of the molecule is CCCCNC(=O)[C@@H](C)N(Cc1ccc(C)cc1)C(=O)CN(c1ccccc1C)S(=O)(=O)c1ccc(C)cc1. The monoisotopic (exact) mass is 549 g/mol. The molecule has 8 heteroatoms. The number of nitrogens with zero attached hydrogens (tertiary/aromatic N) is 2. The van der Waals surface area contributed by atoms with Crippen molar-refractivity contribution in [2.75, 3.05) is 17.4 Å². The van der Waals surface area contributed by atoms with Crippen LogP contribution in [0.4, 0.5) is 5.69 Å². The van der Waals surface area contributed by atoms with Gasteiger partial charge in [0.05, 0.1) is 10.6 Å². The Morgan fingerprint density at radius 1 is 0.872 bits per heavy atom. The zero-order valence-electron chi connectivity index (χ0n) is 23.5. The molecule has 3 aromatic carbocycles. The molecule has 0 saturated heterocycles. The molecule has 3 aromatic rings. The molecule has 208 valence electrons. The Morgan fingerprint density at radius 3 is 2.05 bits per heavy atom. The first-order chi connectivity index (χ1) is 18.5. The van der Waals surface area contributed by atoms with Gasteiger partial charge in [0, 0.05) is 13.1 Å². The minimum absolute atomic E-state index is 0.0968. The molecule has 0 saturated carbocycles. The molecule has 0 heterocycles. The third kappa shape index (κ3) is 7.69. The van der Waals surface area contributed by atoms with Crippen molar-refractivity contribution >= 4 is 27.5 Å². The molecule has 7 nitrogen and oxygen atoms in total. The maximum atomic E-state index is 14.0. The summed E-state index contributed by atoms with van der Waals surface area (Å²) in [4.78, 5) is 28.5. The van der Waals surface area contributed by atoms with E-state index in [0.717, 1.165) is 39.4 Å². The molecule has 3 rings (SSSR count). The van der Waals surface area contributed by atoms with E-state index in [4.69, 9.17) is 0 Å². The molecule has 0 aliphatic carbocycles. The number of benzene rings is 3. The first kappa shape index (κ1) is 29.9. The fraction of sp³-hybridized carbons (Fsp3) is 0.355. The van der Waals surface area contributed by atoms with Crippen LogP contribution in [0.1, 0.15) is 48.9 Å². The van der Waals surface area contributed by atoms with Gasteiger partial charge >= 0.3 is 0 Å². The molecular formula is C31H39N3O4S. The summed E-state index contributed by atoms with van der Waals surface area (Å²) in [7, 11) is -4.08. The lowest BCUT2D eigenvalue weighted by molar-refractivity contribution is -0.139. The van der Waals surface area contributed by atoms with Gasteiger partial charge in [0.15, 0.2) is 0 Å². The highest BCUT2D eigenvalue weighted by atomic mass is 32.2. The lowest BCUT2D eigenvalue weighted by atomic mass is 10.1. The van der Waals surface area contributed by atoms with Crippen molar-refractivity contribution < 1.29 is 18.0 Å². The fourth-order valence-corrected chi connectivity index (χ4v) is 5.68. The Hall–Kier alpha value is -3.65. The van der Waals surface area contributed by atoms with Crippen molar-refractivity contribution in [1.29, 1.82) is 0 Å². The quantitative estimate of drug-likeness (QED) is 0.317. The number of carbonyl (C=O) groups excluding carboxylic acids is 2. The third-order valence-corrected chi connectivity index (χ3v) is 8.52. The zero-order valence-corrected chi connectivity index (χ0v) is 24.3. The number of hydrogen-bond acceptors (Lipinski definition) is 4. The highest BCUT2D eigenvalue weighted by Crippen LogP contribution is 2.27. The Balaban J connectivity index is 2.00. The van der Waals surface area contributed by atoms with Crippen molar-refractivity contribution in [2.45, 2.75) is 64.9 Å². The summed E-state index contributed by atoms with van der Waals surface area (Å²) >= 11 is 0. The standard InChI is InChI=1S/C31H39N3O4S/c1-6-7-20-32-31(36)26(5)33(21-27-16-12-23(2)13-17-27)30(35)22-34(29-11-9-8-10-25(29)4)39(37,38)28-18-14-24(3)15-19-28/h8-19,26H,6-7,20-22H2,1-5H3,(H,32,36)/t26-/m1/s1. The largest absolute Gasteiger partial charge is 0.354 e. The van der Waals surface area contributed by atoms with Gasteiger partial charge in [-0.1, -0.05) is 79.1 Å². The van der Waals surface area contributed by atoms with E-state index in [1.54, 1.807) is 43.3 Å². The second kappa shape index (κ2) is 13.4. The number of para-hydroxylation sites is 1. The molecule has 0 aliphatic rings. The van der Waals surface area contributed by atoms with Gasteiger partial charge in [-0.3, -0.25) is 13.9 Å². The molecule has 2 amide bonds. The van der Waals surface area contributed by atoms with E-state index in [1.165, 1.54) is 4.90 Å². The number of carbonyl (C=O) groups is 2. The summed E-state index contributed by atoms with van der Waals surface area (Å²) in [6, 6.07) is 20.6. The van der Waals surface area contributed by atoms with Crippen LogP contribution in [0.25, 0.3) is 0 Å². The van der Waals surface area contributed by atoms with Crippen molar-refractivity contribution in [3.05, 3.63) is 95.1 Å². The number of rotatable bonds is 12. The fourth-order valence-electron chi connectivity index (χ4n) is 4.20. The number of amides is 2. The molecule has 0 radical (unpaired) electrons. The number of hydrogen-bond donors (Lipinski definition) is 1. The summed E-state index contributed by atoms with van der Waals surface area (Å²) in [5.41, 5.74) is 4.00. The Morgan fingerprint density at radius 2 is 1.46 bits per heavy atom. The van der Waals surface area contributed by atoms with Gasteiger partial charge in [0.25, 0.3) is 10.0 Å². The van der Waals surface area contributed by atoms with Crippen molar-refractivity contribution in [3.63, 3.8) is 0 Å². The summed E-state index contributed by atoms with van der Waals surface area (Å²) < 4.78 is 29.0. The van der Waals surface area contributed by atoms with Gasteiger partial charge in [-0.2, -0.15) is 0 Å². The second-order valence-corrected chi connectivity index (χ2v) is 11.8. The van der Waals surface area contributed by atoms with Gasteiger partial charge in [0.2, 0.25) is 11.8 Å². The number of anilines is 1. The topological polar surface area (TPSA) is 86.8 Å². The van der Waals surface area contributed by atoms with Crippen LogP contribution in [0.5, 0.6) is 0 Å². The van der Waals surface area contributed by atoms with Crippen molar-refractivity contribution in [1.82, 2.24) is 10.2 Å². The number of aryl methyl sites for hydroxylation is 3. The highest BCUT2D eigenvalue weighted by molar-refractivity contribution is 7.92. The summed E-state index contributed by atoms with van der Waals surface area (Å²) in [6.07, 6.45) is 1.77. The second-order valence-electron chi connectivity index (χ2n) is 9.94. The Kier molecular flexibility index (Phi) is 10.3. The summed E-state index contributed by atoms with van der Waals surface area (Å²) in [6.45, 7) is 9.64. The maximum absolute atomic E-state index is 14.0. The number of nitrogens with one attached hydrogen (secondary N) is 1. The third-order valence-electron chi connectivity index (χ3n) is 6.74. The predicted molar refractivity (Wildman–Crippen MR) is 156 cm³/mol. The lowest BCUT2D eigenvalue weighted by Crippen LogP contribution is -2.51. The molecule has 0 unspecified atom stereocenters. The first-order valence-corrected chi connectivity index (χ1v) is 14.8. The van der Waals surface area contributed by atoms with E-state index in [-0.39, 0.29) is 17.3 Å². The predicted octanol–water partition coefficient (Wildman–Crippen LogP) is 5.14. The van der Waals surface area contributed by atoms with Crippen LogP contribution in [0.3, 0.4) is 0 Å². The van der Waals surface area contributed by atoms with Crippen LogP contribution in [-0.2, 0) is 26.2 Å². The first-order valence-electron chi connectivity index (χ1n) is 13.3. The van der Waals surface area contributed by atoms with Crippen LogP contribution in [0.2, 0.25) is 0 Å². The van der Waals surface area contributed by atoms with Crippen LogP contribution < -0.4 is 9.62 Å². The minimum Gasteiger partial charge on any atom is -0.354 e. The lowest BCUT2D eigenvalue weighted by Gasteiger charge is -2.32. The van der Waals surface area contributed by atoms with E-state index < -0.39 is 28.5 Å². The smallest absolute Gasteiger partial charge is 0.264 e. The van der Waals surface area contributed by atoms with Crippen LogP contribution in [0.15, 0.2) is 77.7 Å². The van der Waals surface area contributed by atoms with E-state index in [2.05, 4.69) is 5.32 Å². The van der Waals surface area contributed by atoms with E-state index in [9.17, 15) is 18.0 Å². The van der Waals surface area contributed by atoms with Crippen LogP contribution >= 0.6 is 0 Å². The van der Waals surface area contributed by atoms with E-state index in [1.807, 2.05) is 64.1 Å². The van der Waals surface area contributed by atoms with Crippen LogP contribution in [-0.4, -0.2) is 44.3 Å². The van der Waals surface area contributed by atoms with Gasteiger partial charge in [-0.05, 0) is 63.4 Å². The molecule has 0 aromatic heterocycles. The zero-order chi connectivity index (χ0) is 28.6. The molecule has 0 bridgehead atoms. The van der Waals surface area contributed by atoms with Gasteiger partial charge in [-0.15, -0.1) is 0 Å². The molecule has 1 atom stereocenters. The minimum atomic E-state index is -4.08. The molecule has 0 fully saturated rings. The molecule has 0 spiro atoms. The molecular weight excluding hydrogens is 510 g/mol. The van der Waals surface area contributed by atoms with E-state index in [0.29, 0.717) is 12.2 Å². The number of unbranched alkanes of at least 4 members (excludes halogenated alkanes) is 1. The van der Waals surface area contributed by atoms with E-state index >= 15 is 0 Å².